The third-order valence-corrected chi connectivity index (χ3v) is 5.66. The third kappa shape index (κ3) is 4.20. The average molecular weight is 425 g/mol. The van der Waals surface area contributed by atoms with Crippen LogP contribution in [0, 0.1) is 0 Å². The first-order valence-electron chi connectivity index (χ1n) is 7.72. The second-order valence-corrected chi connectivity index (χ2v) is 8.11. The number of carbonyl (C=O) groups excluding carboxylic acids is 1. The van der Waals surface area contributed by atoms with E-state index in [4.69, 9.17) is 4.74 Å². The van der Waals surface area contributed by atoms with Crippen LogP contribution in [0.1, 0.15) is 10.4 Å². The highest BCUT2D eigenvalue weighted by Gasteiger charge is 2.23. The number of rotatable bonds is 4. The van der Waals surface area contributed by atoms with Gasteiger partial charge in [-0.25, -0.2) is 8.42 Å². The van der Waals surface area contributed by atoms with Crippen molar-refractivity contribution in [2.45, 2.75) is 4.90 Å². The van der Waals surface area contributed by atoms with Crippen molar-refractivity contribution < 1.29 is 17.9 Å². The fourth-order valence-electron chi connectivity index (χ4n) is 2.53. The van der Waals surface area contributed by atoms with E-state index in [1.807, 2.05) is 0 Å². The number of ether oxygens (including phenoxy) is 1. The van der Waals surface area contributed by atoms with Crippen LogP contribution in [-0.2, 0) is 14.8 Å². The summed E-state index contributed by atoms with van der Waals surface area (Å²) in [6.07, 6.45) is 0. The van der Waals surface area contributed by atoms with Crippen molar-refractivity contribution in [3.63, 3.8) is 0 Å². The van der Waals surface area contributed by atoms with Gasteiger partial charge in [0.2, 0.25) is 0 Å². The molecule has 8 heteroatoms. The molecule has 0 aliphatic carbocycles. The summed E-state index contributed by atoms with van der Waals surface area (Å²) >= 11 is 3.26. The zero-order valence-corrected chi connectivity index (χ0v) is 15.7. The maximum absolute atomic E-state index is 12.7. The number of halogens is 1. The van der Waals surface area contributed by atoms with Crippen LogP contribution in [0.2, 0.25) is 0 Å². The summed E-state index contributed by atoms with van der Waals surface area (Å²) in [5.74, 6) is -0.212. The Bertz CT molecular complexity index is 880. The molecule has 0 aromatic heterocycles. The molecule has 2 aromatic rings. The monoisotopic (exact) mass is 424 g/mol. The number of hydrogen-bond donors (Lipinski definition) is 1. The summed E-state index contributed by atoms with van der Waals surface area (Å²) in [7, 11) is -3.80. The molecule has 0 spiro atoms. The number of nitrogens with zero attached hydrogens (tertiary/aromatic N) is 1. The first kappa shape index (κ1) is 17.9. The highest BCUT2D eigenvalue weighted by atomic mass is 79.9. The first-order valence-corrected chi connectivity index (χ1v) is 9.99. The second kappa shape index (κ2) is 7.55. The van der Waals surface area contributed by atoms with E-state index in [1.165, 1.54) is 12.1 Å². The van der Waals surface area contributed by atoms with Gasteiger partial charge >= 0.3 is 0 Å². The number of morpholine rings is 1. The maximum Gasteiger partial charge on any atom is 0.261 e. The van der Waals surface area contributed by atoms with Crippen molar-refractivity contribution in [1.82, 2.24) is 4.90 Å². The van der Waals surface area contributed by atoms with Crippen LogP contribution < -0.4 is 4.72 Å². The van der Waals surface area contributed by atoms with Crippen molar-refractivity contribution in [2.75, 3.05) is 31.0 Å². The quantitative estimate of drug-likeness (QED) is 0.818. The lowest BCUT2D eigenvalue weighted by molar-refractivity contribution is 0.0303. The molecule has 1 saturated heterocycles. The number of nitrogens with one attached hydrogen (secondary N) is 1. The molecule has 1 fully saturated rings. The molecule has 1 aliphatic heterocycles. The van der Waals surface area contributed by atoms with Gasteiger partial charge in [-0.1, -0.05) is 34.1 Å². The van der Waals surface area contributed by atoms with E-state index in [9.17, 15) is 13.2 Å². The van der Waals surface area contributed by atoms with Gasteiger partial charge in [0.05, 0.1) is 29.4 Å². The van der Waals surface area contributed by atoms with Crippen molar-refractivity contribution in [1.29, 1.82) is 0 Å². The highest BCUT2D eigenvalue weighted by molar-refractivity contribution is 9.10. The fourth-order valence-corrected chi connectivity index (χ4v) is 4.21. The maximum atomic E-state index is 12.7. The largest absolute Gasteiger partial charge is 0.378 e. The van der Waals surface area contributed by atoms with Gasteiger partial charge in [0.15, 0.2) is 0 Å². The van der Waals surface area contributed by atoms with Gasteiger partial charge in [-0.2, -0.15) is 0 Å². The predicted octanol–water partition coefficient (Wildman–Crippen LogP) is 2.72. The summed E-state index contributed by atoms with van der Waals surface area (Å²) in [6, 6.07) is 13.0. The zero-order valence-electron chi connectivity index (χ0n) is 13.3. The van der Waals surface area contributed by atoms with Gasteiger partial charge in [-0.05, 0) is 30.3 Å². The molecule has 1 aliphatic rings. The summed E-state index contributed by atoms with van der Waals surface area (Å²) in [5, 5.41) is 0. The predicted molar refractivity (Wildman–Crippen MR) is 98.1 cm³/mol. The fraction of sp³-hybridized carbons (Fsp3) is 0.235. The molecule has 25 heavy (non-hydrogen) atoms. The Hall–Kier alpha value is -1.90. The molecule has 2 aromatic carbocycles. The summed E-state index contributed by atoms with van der Waals surface area (Å²) in [5.41, 5.74) is 0.585. The van der Waals surface area contributed by atoms with Crippen LogP contribution in [0.3, 0.4) is 0 Å². The van der Waals surface area contributed by atoms with Gasteiger partial charge in [-0.15, -0.1) is 0 Å². The van der Waals surface area contributed by atoms with Gasteiger partial charge in [0.1, 0.15) is 0 Å². The molecule has 0 radical (unpaired) electrons. The van der Waals surface area contributed by atoms with E-state index in [0.717, 1.165) is 0 Å². The Labute approximate surface area is 155 Å². The topological polar surface area (TPSA) is 75.7 Å². The number of anilines is 1. The molecule has 132 valence electrons. The lowest BCUT2D eigenvalue weighted by atomic mass is 10.1. The summed E-state index contributed by atoms with van der Waals surface area (Å²) in [4.78, 5) is 14.5. The van der Waals surface area contributed by atoms with Crippen LogP contribution >= 0.6 is 15.9 Å². The van der Waals surface area contributed by atoms with Crippen LogP contribution in [0.4, 0.5) is 5.69 Å². The van der Waals surface area contributed by atoms with E-state index >= 15 is 0 Å². The number of carbonyl (C=O) groups is 1. The van der Waals surface area contributed by atoms with Crippen molar-refractivity contribution in [2.24, 2.45) is 0 Å². The number of amides is 1. The van der Waals surface area contributed by atoms with Gasteiger partial charge in [-0.3, -0.25) is 9.52 Å². The lowest BCUT2D eigenvalue weighted by Gasteiger charge is -2.27. The molecule has 1 heterocycles. The molecule has 1 amide bonds. The van der Waals surface area contributed by atoms with Crippen molar-refractivity contribution in [3.8, 4) is 0 Å². The molecule has 0 atom stereocenters. The number of benzene rings is 2. The third-order valence-electron chi connectivity index (χ3n) is 3.81. The van der Waals surface area contributed by atoms with Gasteiger partial charge < -0.3 is 9.64 Å². The Morgan fingerprint density at radius 3 is 2.52 bits per heavy atom. The minimum Gasteiger partial charge on any atom is -0.378 e. The molecule has 0 unspecified atom stereocenters. The second-order valence-electron chi connectivity index (χ2n) is 5.51. The minimum absolute atomic E-state index is 0.121. The SMILES string of the molecule is O=C(c1ccccc1NS(=O)(=O)c1cccc(Br)c1)N1CCOCC1. The van der Waals surface area contributed by atoms with Crippen LogP contribution in [0.15, 0.2) is 57.9 Å². The molecule has 3 rings (SSSR count). The Morgan fingerprint density at radius 1 is 1.08 bits per heavy atom. The zero-order chi connectivity index (χ0) is 17.9. The normalized spacial score (nSPS) is 15.0. The van der Waals surface area contributed by atoms with E-state index in [2.05, 4.69) is 20.7 Å². The van der Waals surface area contributed by atoms with E-state index < -0.39 is 10.0 Å². The van der Waals surface area contributed by atoms with Crippen molar-refractivity contribution >= 4 is 37.5 Å². The standard InChI is InChI=1S/C17H17BrN2O4S/c18-13-4-3-5-14(12-13)25(22,23)19-16-7-2-1-6-15(16)17(21)20-8-10-24-11-9-20/h1-7,12,19H,8-11H2. The van der Waals surface area contributed by atoms with E-state index in [0.29, 0.717) is 36.3 Å². The minimum atomic E-state index is -3.80. The Morgan fingerprint density at radius 2 is 1.80 bits per heavy atom. The summed E-state index contributed by atoms with van der Waals surface area (Å²) < 4.78 is 33.7. The van der Waals surface area contributed by atoms with Gasteiger partial charge in [0, 0.05) is 17.6 Å². The number of hydrogen-bond acceptors (Lipinski definition) is 4. The molecular weight excluding hydrogens is 408 g/mol. The van der Waals surface area contributed by atoms with E-state index in [-0.39, 0.29) is 16.5 Å². The lowest BCUT2D eigenvalue weighted by Crippen LogP contribution is -2.41. The van der Waals surface area contributed by atoms with Crippen LogP contribution in [0.5, 0.6) is 0 Å². The molecule has 1 N–H and O–H groups in total. The van der Waals surface area contributed by atoms with E-state index in [1.54, 1.807) is 41.3 Å². The summed E-state index contributed by atoms with van der Waals surface area (Å²) in [6.45, 7) is 1.95. The van der Waals surface area contributed by atoms with Crippen LogP contribution in [0.25, 0.3) is 0 Å². The molecule has 0 bridgehead atoms. The van der Waals surface area contributed by atoms with Gasteiger partial charge in [0.25, 0.3) is 15.9 Å². The van der Waals surface area contributed by atoms with Crippen molar-refractivity contribution in [3.05, 3.63) is 58.6 Å². The number of sulfonamides is 1. The molecule has 0 saturated carbocycles. The Kier molecular flexibility index (Phi) is 5.41. The average Bonchev–Trinajstić information content (AvgIpc) is 2.62. The number of para-hydroxylation sites is 1. The smallest absolute Gasteiger partial charge is 0.261 e. The van der Waals surface area contributed by atoms with Crippen LogP contribution in [-0.4, -0.2) is 45.5 Å². The Balaban J connectivity index is 1.89. The highest BCUT2D eigenvalue weighted by Crippen LogP contribution is 2.23. The first-order chi connectivity index (χ1) is 12.0. The molecular formula is C17H17BrN2O4S. The molecule has 6 nitrogen and oxygen atoms in total.